The molecule has 1 amide bonds. The molecule has 0 fully saturated rings. The van der Waals surface area contributed by atoms with Gasteiger partial charge in [0.1, 0.15) is 0 Å². The second-order valence-electron chi connectivity index (χ2n) is 7.94. The first-order valence-corrected chi connectivity index (χ1v) is 9.59. The van der Waals surface area contributed by atoms with Gasteiger partial charge in [-0.25, -0.2) is 5.01 Å². The molecule has 5 nitrogen and oxygen atoms in total. The average molecular weight is 393 g/mol. The van der Waals surface area contributed by atoms with Gasteiger partial charge in [-0.15, -0.1) is 0 Å². The molecule has 0 aliphatic carbocycles. The Morgan fingerprint density at radius 3 is 2.50 bits per heavy atom. The maximum absolute atomic E-state index is 13.2. The third kappa shape index (κ3) is 3.38. The van der Waals surface area contributed by atoms with Gasteiger partial charge >= 0.3 is 0 Å². The van der Waals surface area contributed by atoms with Crippen LogP contribution in [-0.4, -0.2) is 26.6 Å². The largest absolute Gasteiger partial charge is 0.272 e. The van der Waals surface area contributed by atoms with E-state index in [-0.39, 0.29) is 11.9 Å². The van der Waals surface area contributed by atoms with Crippen molar-refractivity contribution in [2.24, 2.45) is 10.5 Å². The van der Waals surface area contributed by atoms with Crippen molar-refractivity contribution < 1.29 is 4.79 Å². The number of rotatable bonds is 2. The van der Waals surface area contributed by atoms with Crippen LogP contribution in [0.2, 0.25) is 5.02 Å². The summed E-state index contributed by atoms with van der Waals surface area (Å²) in [5.74, 6) is -0.0256. The van der Waals surface area contributed by atoms with Gasteiger partial charge in [0.2, 0.25) is 5.91 Å². The zero-order valence-electron chi connectivity index (χ0n) is 16.1. The Labute approximate surface area is 169 Å². The van der Waals surface area contributed by atoms with E-state index in [9.17, 15) is 4.79 Å². The van der Waals surface area contributed by atoms with E-state index in [1.807, 2.05) is 63.2 Å². The van der Waals surface area contributed by atoms with E-state index in [1.165, 1.54) is 0 Å². The highest BCUT2D eigenvalue weighted by Crippen LogP contribution is 2.38. The van der Waals surface area contributed by atoms with Crippen LogP contribution in [0.4, 0.5) is 0 Å². The van der Waals surface area contributed by atoms with E-state index in [4.69, 9.17) is 16.7 Å². The predicted molar refractivity (Wildman–Crippen MR) is 111 cm³/mol. The third-order valence-electron chi connectivity index (χ3n) is 4.83. The van der Waals surface area contributed by atoms with Crippen molar-refractivity contribution in [1.82, 2.24) is 15.0 Å². The summed E-state index contributed by atoms with van der Waals surface area (Å²) >= 11 is 6.03. The number of nitrogens with zero attached hydrogens (tertiary/aromatic N) is 4. The predicted octanol–water partition coefficient (Wildman–Crippen LogP) is 5.01. The number of halogens is 1. The fourth-order valence-corrected chi connectivity index (χ4v) is 3.51. The highest BCUT2D eigenvalue weighted by molar-refractivity contribution is 6.30. The number of para-hydroxylation sites is 1. The van der Waals surface area contributed by atoms with Crippen LogP contribution in [0.3, 0.4) is 0 Å². The maximum Gasteiger partial charge on any atom is 0.248 e. The minimum absolute atomic E-state index is 0.0256. The van der Waals surface area contributed by atoms with E-state index < -0.39 is 5.41 Å². The van der Waals surface area contributed by atoms with Crippen LogP contribution in [0, 0.1) is 5.41 Å². The lowest BCUT2D eigenvalue weighted by Crippen LogP contribution is -2.36. The van der Waals surface area contributed by atoms with E-state index >= 15 is 0 Å². The molecule has 0 N–H and O–H groups in total. The average Bonchev–Trinajstić information content (AvgIpc) is 3.11. The van der Waals surface area contributed by atoms with Crippen molar-refractivity contribution in [1.29, 1.82) is 0 Å². The van der Waals surface area contributed by atoms with Gasteiger partial charge in [0.05, 0.1) is 22.8 Å². The summed E-state index contributed by atoms with van der Waals surface area (Å²) < 4.78 is 0. The Morgan fingerprint density at radius 2 is 1.79 bits per heavy atom. The minimum Gasteiger partial charge on any atom is -0.272 e. The summed E-state index contributed by atoms with van der Waals surface area (Å²) in [7, 11) is 0. The number of hydrogen-bond donors (Lipinski definition) is 0. The lowest BCUT2D eigenvalue weighted by atomic mass is 9.92. The van der Waals surface area contributed by atoms with Gasteiger partial charge in [-0.3, -0.25) is 14.8 Å². The number of benzene rings is 2. The summed E-state index contributed by atoms with van der Waals surface area (Å²) in [5.41, 5.74) is 3.84. The van der Waals surface area contributed by atoms with Gasteiger partial charge in [-0.1, -0.05) is 56.6 Å². The summed E-state index contributed by atoms with van der Waals surface area (Å²) in [6.07, 6.45) is 3.96. The fraction of sp³-hybridized carbons (Fsp3) is 0.273. The van der Waals surface area contributed by atoms with Crippen molar-refractivity contribution in [2.75, 3.05) is 0 Å². The monoisotopic (exact) mass is 392 g/mol. The van der Waals surface area contributed by atoms with Gasteiger partial charge in [0.25, 0.3) is 0 Å². The SMILES string of the molecule is CC(C)(C)C(=O)N1N=C(c2ccc(Cl)cc2)C[C@H]1c1cccc2nccnc12. The molecule has 0 saturated carbocycles. The molecule has 2 heterocycles. The zero-order chi connectivity index (χ0) is 19.9. The second kappa shape index (κ2) is 6.99. The van der Waals surface area contributed by atoms with Crippen molar-refractivity contribution in [3.05, 3.63) is 71.0 Å². The van der Waals surface area contributed by atoms with Gasteiger partial charge < -0.3 is 0 Å². The summed E-state index contributed by atoms with van der Waals surface area (Å²) in [6.45, 7) is 5.72. The first-order valence-electron chi connectivity index (χ1n) is 9.21. The number of carbonyl (C=O) groups is 1. The van der Waals surface area contributed by atoms with Crippen LogP contribution in [0.25, 0.3) is 11.0 Å². The van der Waals surface area contributed by atoms with Crippen LogP contribution in [0.15, 0.2) is 60.0 Å². The molecule has 6 heteroatoms. The number of amides is 1. The first kappa shape index (κ1) is 18.6. The highest BCUT2D eigenvalue weighted by atomic mass is 35.5. The number of hydrogen-bond acceptors (Lipinski definition) is 4. The molecule has 1 aromatic heterocycles. The maximum atomic E-state index is 13.2. The molecule has 0 unspecified atom stereocenters. The molecule has 142 valence electrons. The van der Waals surface area contributed by atoms with Gasteiger partial charge in [0, 0.05) is 34.8 Å². The van der Waals surface area contributed by atoms with Crippen molar-refractivity contribution in [2.45, 2.75) is 33.2 Å². The molecule has 0 radical (unpaired) electrons. The smallest absolute Gasteiger partial charge is 0.248 e. The number of hydrazone groups is 1. The van der Waals surface area contributed by atoms with Crippen molar-refractivity contribution >= 4 is 34.3 Å². The van der Waals surface area contributed by atoms with Crippen LogP contribution < -0.4 is 0 Å². The van der Waals surface area contributed by atoms with Gasteiger partial charge in [0.15, 0.2) is 0 Å². The van der Waals surface area contributed by atoms with Crippen LogP contribution in [0.1, 0.15) is 44.4 Å². The number of aromatic nitrogens is 2. The van der Waals surface area contributed by atoms with Crippen molar-refractivity contribution in [3.8, 4) is 0 Å². The molecular formula is C22H21ClN4O. The molecule has 3 aromatic rings. The molecule has 0 saturated heterocycles. The number of fused-ring (bicyclic) bond motifs is 1. The molecule has 1 atom stereocenters. The molecular weight excluding hydrogens is 372 g/mol. The zero-order valence-corrected chi connectivity index (χ0v) is 16.8. The Balaban J connectivity index is 1.81. The van der Waals surface area contributed by atoms with Crippen LogP contribution >= 0.6 is 11.6 Å². The topological polar surface area (TPSA) is 58.5 Å². The Kier molecular flexibility index (Phi) is 4.63. The molecule has 4 rings (SSSR count). The third-order valence-corrected chi connectivity index (χ3v) is 5.08. The first-order chi connectivity index (χ1) is 13.3. The molecule has 0 spiro atoms. The van der Waals surface area contributed by atoms with E-state index in [0.29, 0.717) is 11.4 Å². The summed E-state index contributed by atoms with van der Waals surface area (Å²) in [4.78, 5) is 22.1. The van der Waals surface area contributed by atoms with E-state index in [0.717, 1.165) is 27.9 Å². The lowest BCUT2D eigenvalue weighted by Gasteiger charge is -2.28. The minimum atomic E-state index is -0.548. The Hall–Kier alpha value is -2.79. The molecule has 1 aliphatic heterocycles. The lowest BCUT2D eigenvalue weighted by molar-refractivity contribution is -0.141. The normalized spacial score (nSPS) is 17.1. The fourth-order valence-electron chi connectivity index (χ4n) is 3.38. The van der Waals surface area contributed by atoms with Crippen molar-refractivity contribution in [3.63, 3.8) is 0 Å². The summed E-state index contributed by atoms with van der Waals surface area (Å²) in [5, 5.41) is 7.02. The Morgan fingerprint density at radius 1 is 1.07 bits per heavy atom. The van der Waals surface area contributed by atoms with Gasteiger partial charge in [-0.2, -0.15) is 5.10 Å². The highest BCUT2D eigenvalue weighted by Gasteiger charge is 2.38. The number of carbonyl (C=O) groups excluding carboxylic acids is 1. The summed E-state index contributed by atoms with van der Waals surface area (Å²) in [6, 6.07) is 13.2. The van der Waals surface area contributed by atoms with E-state index in [2.05, 4.69) is 9.97 Å². The second-order valence-corrected chi connectivity index (χ2v) is 8.38. The molecule has 1 aliphatic rings. The van der Waals surface area contributed by atoms with Gasteiger partial charge in [-0.05, 0) is 23.8 Å². The van der Waals surface area contributed by atoms with Crippen LogP contribution in [-0.2, 0) is 4.79 Å². The standard InChI is InChI=1S/C22H21ClN4O/c1-22(2,3)21(28)27-19(13-18(26-27)14-7-9-15(23)10-8-14)16-5-4-6-17-20(16)25-12-11-24-17/h4-12,19H,13H2,1-3H3/t19-/m0/s1. The quantitative estimate of drug-likeness (QED) is 0.616. The Bertz CT molecular complexity index is 1060. The molecule has 28 heavy (non-hydrogen) atoms. The molecule has 0 bridgehead atoms. The van der Waals surface area contributed by atoms with Crippen LogP contribution in [0.5, 0.6) is 0 Å². The molecule has 2 aromatic carbocycles. The van der Waals surface area contributed by atoms with E-state index in [1.54, 1.807) is 17.4 Å².